The van der Waals surface area contributed by atoms with E-state index in [0.29, 0.717) is 12.1 Å². The zero-order chi connectivity index (χ0) is 13.0. The Balaban J connectivity index is 2.05. The van der Waals surface area contributed by atoms with Gasteiger partial charge in [0.2, 0.25) is 0 Å². The van der Waals surface area contributed by atoms with Crippen LogP contribution in [0.2, 0.25) is 0 Å². The molecule has 0 saturated carbocycles. The highest BCUT2D eigenvalue weighted by Gasteiger charge is 2.27. The smallest absolute Gasteiger partial charge is 0.0323 e. The highest BCUT2D eigenvalue weighted by Crippen LogP contribution is 2.28. The number of aryl methyl sites for hydroxylation is 1. The molecule has 1 heterocycles. The Morgan fingerprint density at radius 3 is 2.67 bits per heavy atom. The molecule has 0 aromatic heterocycles. The fourth-order valence-electron chi connectivity index (χ4n) is 3.06. The van der Waals surface area contributed by atoms with Gasteiger partial charge in [0.15, 0.2) is 0 Å². The van der Waals surface area contributed by atoms with Crippen LogP contribution in [-0.4, -0.2) is 24.0 Å². The van der Waals surface area contributed by atoms with Crippen LogP contribution in [0.25, 0.3) is 0 Å². The third-order valence-electron chi connectivity index (χ3n) is 4.19. The highest BCUT2D eigenvalue weighted by atomic mass is 15.2. The van der Waals surface area contributed by atoms with Crippen LogP contribution in [0.3, 0.4) is 0 Å². The first kappa shape index (κ1) is 13.6. The standard InChI is InChI=1S/C16H26N2/c1-3-5-14-7-9-15(10-8-14)13(2)18-11-4-6-16(18)12-17/h7-10,13,16H,3-6,11-12,17H2,1-2H3. The van der Waals surface area contributed by atoms with E-state index < -0.39 is 0 Å². The predicted octanol–water partition coefficient (Wildman–Crippen LogP) is 3.12. The number of likely N-dealkylation sites (tertiary alicyclic amines) is 1. The summed E-state index contributed by atoms with van der Waals surface area (Å²) in [6, 6.07) is 10.2. The van der Waals surface area contributed by atoms with Gasteiger partial charge in [-0.1, -0.05) is 37.6 Å². The van der Waals surface area contributed by atoms with E-state index in [1.807, 2.05) is 0 Å². The first-order chi connectivity index (χ1) is 8.76. The summed E-state index contributed by atoms with van der Waals surface area (Å²) in [5.41, 5.74) is 8.74. The van der Waals surface area contributed by atoms with Crippen molar-refractivity contribution in [1.29, 1.82) is 0 Å². The molecule has 18 heavy (non-hydrogen) atoms. The molecule has 0 aliphatic carbocycles. The molecule has 0 radical (unpaired) electrons. The second-order valence-corrected chi connectivity index (χ2v) is 5.44. The van der Waals surface area contributed by atoms with Gasteiger partial charge >= 0.3 is 0 Å². The van der Waals surface area contributed by atoms with E-state index in [9.17, 15) is 0 Å². The van der Waals surface area contributed by atoms with Crippen molar-refractivity contribution in [2.75, 3.05) is 13.1 Å². The van der Waals surface area contributed by atoms with Crippen LogP contribution in [-0.2, 0) is 6.42 Å². The first-order valence-electron chi connectivity index (χ1n) is 7.31. The fourth-order valence-corrected chi connectivity index (χ4v) is 3.06. The van der Waals surface area contributed by atoms with Gasteiger partial charge in [-0.15, -0.1) is 0 Å². The lowest BCUT2D eigenvalue weighted by atomic mass is 10.0. The lowest BCUT2D eigenvalue weighted by molar-refractivity contribution is 0.197. The Hall–Kier alpha value is -0.860. The van der Waals surface area contributed by atoms with E-state index in [2.05, 4.69) is 43.0 Å². The molecule has 0 bridgehead atoms. The van der Waals surface area contributed by atoms with Gasteiger partial charge in [-0.05, 0) is 43.9 Å². The largest absolute Gasteiger partial charge is 0.329 e. The number of hydrogen-bond donors (Lipinski definition) is 1. The van der Waals surface area contributed by atoms with Crippen LogP contribution in [0.4, 0.5) is 0 Å². The molecule has 1 saturated heterocycles. The van der Waals surface area contributed by atoms with Gasteiger partial charge in [0.25, 0.3) is 0 Å². The van der Waals surface area contributed by atoms with Crippen LogP contribution >= 0.6 is 0 Å². The van der Waals surface area contributed by atoms with Gasteiger partial charge in [0.05, 0.1) is 0 Å². The van der Waals surface area contributed by atoms with Gasteiger partial charge in [0.1, 0.15) is 0 Å². The summed E-state index contributed by atoms with van der Waals surface area (Å²) in [6.45, 7) is 6.52. The molecule has 2 unspecified atom stereocenters. The fraction of sp³-hybridized carbons (Fsp3) is 0.625. The van der Waals surface area contributed by atoms with Crippen molar-refractivity contribution in [3.63, 3.8) is 0 Å². The van der Waals surface area contributed by atoms with Crippen LogP contribution in [0, 0.1) is 0 Å². The van der Waals surface area contributed by atoms with Crippen molar-refractivity contribution in [3.05, 3.63) is 35.4 Å². The zero-order valence-electron chi connectivity index (χ0n) is 11.7. The van der Waals surface area contributed by atoms with Crippen molar-refractivity contribution >= 4 is 0 Å². The summed E-state index contributed by atoms with van der Waals surface area (Å²) in [6.07, 6.45) is 4.95. The van der Waals surface area contributed by atoms with Gasteiger partial charge in [-0.3, -0.25) is 4.90 Å². The summed E-state index contributed by atoms with van der Waals surface area (Å²) in [7, 11) is 0. The first-order valence-corrected chi connectivity index (χ1v) is 7.31. The van der Waals surface area contributed by atoms with E-state index in [1.165, 1.54) is 43.4 Å². The summed E-state index contributed by atoms with van der Waals surface area (Å²) in [5.74, 6) is 0. The second kappa shape index (κ2) is 6.35. The Morgan fingerprint density at radius 2 is 2.06 bits per heavy atom. The third-order valence-corrected chi connectivity index (χ3v) is 4.19. The molecule has 2 N–H and O–H groups in total. The Kier molecular flexibility index (Phi) is 4.79. The van der Waals surface area contributed by atoms with Crippen molar-refractivity contribution in [1.82, 2.24) is 4.90 Å². The number of nitrogens with two attached hydrogens (primary N) is 1. The maximum absolute atomic E-state index is 5.86. The molecule has 100 valence electrons. The zero-order valence-corrected chi connectivity index (χ0v) is 11.7. The second-order valence-electron chi connectivity index (χ2n) is 5.44. The molecule has 2 rings (SSSR count). The van der Waals surface area contributed by atoms with Crippen LogP contribution in [0.15, 0.2) is 24.3 Å². The summed E-state index contributed by atoms with van der Waals surface area (Å²) in [5, 5.41) is 0. The predicted molar refractivity (Wildman–Crippen MR) is 77.6 cm³/mol. The number of nitrogens with zero attached hydrogens (tertiary/aromatic N) is 1. The van der Waals surface area contributed by atoms with E-state index >= 15 is 0 Å². The van der Waals surface area contributed by atoms with E-state index in [4.69, 9.17) is 5.73 Å². The number of rotatable bonds is 5. The molecular formula is C16H26N2. The molecule has 1 aromatic carbocycles. The van der Waals surface area contributed by atoms with Gasteiger partial charge in [-0.2, -0.15) is 0 Å². The molecule has 1 aromatic rings. The van der Waals surface area contributed by atoms with Crippen molar-refractivity contribution in [3.8, 4) is 0 Å². The molecule has 1 aliphatic heterocycles. The minimum absolute atomic E-state index is 0.497. The number of benzene rings is 1. The normalized spacial score (nSPS) is 22.3. The summed E-state index contributed by atoms with van der Waals surface area (Å²) >= 11 is 0. The molecule has 1 aliphatic rings. The lowest BCUT2D eigenvalue weighted by Crippen LogP contribution is -2.37. The monoisotopic (exact) mass is 246 g/mol. The van der Waals surface area contributed by atoms with E-state index in [0.717, 1.165) is 6.54 Å². The maximum atomic E-state index is 5.86. The van der Waals surface area contributed by atoms with E-state index in [-0.39, 0.29) is 0 Å². The van der Waals surface area contributed by atoms with Crippen LogP contribution in [0.5, 0.6) is 0 Å². The average Bonchev–Trinajstić information content (AvgIpc) is 2.87. The lowest BCUT2D eigenvalue weighted by Gasteiger charge is -2.30. The Morgan fingerprint density at radius 1 is 1.33 bits per heavy atom. The Bertz CT molecular complexity index is 358. The van der Waals surface area contributed by atoms with Crippen LogP contribution in [0.1, 0.15) is 50.3 Å². The summed E-state index contributed by atoms with van der Waals surface area (Å²) < 4.78 is 0. The van der Waals surface area contributed by atoms with Crippen molar-refractivity contribution in [2.45, 2.75) is 51.6 Å². The molecule has 2 heteroatoms. The minimum Gasteiger partial charge on any atom is -0.329 e. The highest BCUT2D eigenvalue weighted by molar-refractivity contribution is 5.25. The summed E-state index contributed by atoms with van der Waals surface area (Å²) in [4.78, 5) is 2.56. The van der Waals surface area contributed by atoms with E-state index in [1.54, 1.807) is 0 Å². The molecule has 1 fully saturated rings. The quantitative estimate of drug-likeness (QED) is 0.865. The van der Waals surface area contributed by atoms with Gasteiger partial charge < -0.3 is 5.73 Å². The third kappa shape index (κ3) is 2.93. The number of hydrogen-bond acceptors (Lipinski definition) is 2. The topological polar surface area (TPSA) is 29.3 Å². The average molecular weight is 246 g/mol. The molecule has 0 amide bonds. The molecule has 2 nitrogen and oxygen atoms in total. The van der Waals surface area contributed by atoms with Gasteiger partial charge in [0, 0.05) is 18.6 Å². The minimum atomic E-state index is 0.497. The molecule has 2 atom stereocenters. The maximum Gasteiger partial charge on any atom is 0.0323 e. The van der Waals surface area contributed by atoms with Gasteiger partial charge in [-0.25, -0.2) is 0 Å². The Labute approximate surface area is 111 Å². The van der Waals surface area contributed by atoms with Crippen molar-refractivity contribution < 1.29 is 0 Å². The molecule has 0 spiro atoms. The molecular weight excluding hydrogens is 220 g/mol. The SMILES string of the molecule is CCCc1ccc(C(C)N2CCCC2CN)cc1. The van der Waals surface area contributed by atoms with Crippen LogP contribution < -0.4 is 5.73 Å². The van der Waals surface area contributed by atoms with Crippen molar-refractivity contribution in [2.24, 2.45) is 5.73 Å².